The van der Waals surface area contributed by atoms with Crippen LogP contribution in [0.5, 0.6) is 5.75 Å². The summed E-state index contributed by atoms with van der Waals surface area (Å²) < 4.78 is 5.50. The summed E-state index contributed by atoms with van der Waals surface area (Å²) in [5, 5.41) is 0. The Morgan fingerprint density at radius 3 is 2.70 bits per heavy atom. The maximum Gasteiger partial charge on any atom is 0.260 e. The van der Waals surface area contributed by atoms with Gasteiger partial charge in [-0.15, -0.1) is 0 Å². The summed E-state index contributed by atoms with van der Waals surface area (Å²) in [7, 11) is 1.79. The molecule has 1 amide bonds. The number of carbonyl (C=O) groups is 1. The van der Waals surface area contributed by atoms with E-state index in [-0.39, 0.29) is 18.6 Å². The quantitative estimate of drug-likeness (QED) is 0.832. The summed E-state index contributed by atoms with van der Waals surface area (Å²) in [5.74, 6) is 1.13. The lowest BCUT2D eigenvalue weighted by molar-refractivity contribution is -0.132. The number of nitrogens with zero attached hydrogens (tertiary/aromatic N) is 1. The molecule has 0 saturated heterocycles. The van der Waals surface area contributed by atoms with Crippen molar-refractivity contribution in [2.24, 2.45) is 11.7 Å². The minimum atomic E-state index is -0.0255. The van der Waals surface area contributed by atoms with Gasteiger partial charge in [0.2, 0.25) is 0 Å². The molecule has 112 valence electrons. The van der Waals surface area contributed by atoms with Crippen molar-refractivity contribution in [3.63, 3.8) is 0 Å². The van der Waals surface area contributed by atoms with Crippen LogP contribution in [0.1, 0.15) is 25.8 Å². The van der Waals surface area contributed by atoms with Crippen molar-refractivity contribution in [3.8, 4) is 5.75 Å². The number of carbonyl (C=O) groups excluding carboxylic acids is 1. The van der Waals surface area contributed by atoms with Gasteiger partial charge in [0, 0.05) is 19.6 Å². The molecule has 0 aliphatic carbocycles. The number of benzene rings is 1. The SMILES string of the molecule is Cc1cccc(OCC(=O)N(C)CCC(N)C(C)C)c1. The number of amides is 1. The van der Waals surface area contributed by atoms with Gasteiger partial charge in [-0.1, -0.05) is 26.0 Å². The van der Waals surface area contributed by atoms with E-state index in [9.17, 15) is 4.79 Å². The van der Waals surface area contributed by atoms with Gasteiger partial charge >= 0.3 is 0 Å². The van der Waals surface area contributed by atoms with E-state index >= 15 is 0 Å². The van der Waals surface area contributed by atoms with E-state index in [1.54, 1.807) is 11.9 Å². The molecular formula is C16H26N2O2. The lowest BCUT2D eigenvalue weighted by Crippen LogP contribution is -2.36. The Kier molecular flexibility index (Phi) is 6.52. The van der Waals surface area contributed by atoms with Gasteiger partial charge in [-0.2, -0.15) is 0 Å². The fourth-order valence-corrected chi connectivity index (χ4v) is 1.76. The molecule has 1 aromatic rings. The first-order chi connectivity index (χ1) is 9.40. The van der Waals surface area contributed by atoms with Crippen LogP contribution in [0.4, 0.5) is 0 Å². The molecule has 0 aliphatic heterocycles. The summed E-state index contributed by atoms with van der Waals surface area (Å²) in [6.07, 6.45) is 0.810. The predicted molar refractivity (Wildman–Crippen MR) is 81.7 cm³/mol. The monoisotopic (exact) mass is 278 g/mol. The highest BCUT2D eigenvalue weighted by Gasteiger charge is 2.13. The van der Waals surface area contributed by atoms with Crippen LogP contribution >= 0.6 is 0 Å². The Balaban J connectivity index is 2.35. The van der Waals surface area contributed by atoms with Gasteiger partial charge < -0.3 is 15.4 Å². The number of aryl methyl sites for hydroxylation is 1. The van der Waals surface area contributed by atoms with Crippen LogP contribution in [-0.2, 0) is 4.79 Å². The van der Waals surface area contributed by atoms with Gasteiger partial charge in [-0.25, -0.2) is 0 Å². The molecule has 1 aromatic carbocycles. The highest BCUT2D eigenvalue weighted by molar-refractivity contribution is 5.77. The highest BCUT2D eigenvalue weighted by atomic mass is 16.5. The van der Waals surface area contributed by atoms with Crippen molar-refractivity contribution in [1.82, 2.24) is 4.90 Å². The van der Waals surface area contributed by atoms with E-state index in [1.165, 1.54) is 0 Å². The van der Waals surface area contributed by atoms with Gasteiger partial charge in [0.1, 0.15) is 5.75 Å². The molecule has 0 aromatic heterocycles. The van der Waals surface area contributed by atoms with Gasteiger partial charge in [0.05, 0.1) is 0 Å². The summed E-state index contributed by atoms with van der Waals surface area (Å²) in [5.41, 5.74) is 7.09. The number of hydrogen-bond acceptors (Lipinski definition) is 3. The maximum atomic E-state index is 11.9. The Hall–Kier alpha value is -1.55. The van der Waals surface area contributed by atoms with Gasteiger partial charge in [0.15, 0.2) is 6.61 Å². The zero-order valence-electron chi connectivity index (χ0n) is 12.9. The molecule has 1 atom stereocenters. The first-order valence-electron chi connectivity index (χ1n) is 7.09. The minimum Gasteiger partial charge on any atom is -0.484 e. The molecule has 20 heavy (non-hydrogen) atoms. The topological polar surface area (TPSA) is 55.6 Å². The van der Waals surface area contributed by atoms with E-state index in [0.29, 0.717) is 12.5 Å². The summed E-state index contributed by atoms with van der Waals surface area (Å²) in [6, 6.07) is 7.81. The molecular weight excluding hydrogens is 252 g/mol. The normalized spacial score (nSPS) is 12.3. The van der Waals surface area contributed by atoms with E-state index in [2.05, 4.69) is 13.8 Å². The fraction of sp³-hybridized carbons (Fsp3) is 0.562. The van der Waals surface area contributed by atoms with Crippen molar-refractivity contribution >= 4 is 5.91 Å². The van der Waals surface area contributed by atoms with Crippen LogP contribution in [0.3, 0.4) is 0 Å². The molecule has 0 saturated carbocycles. The molecule has 0 bridgehead atoms. The Labute approximate surface area is 121 Å². The lowest BCUT2D eigenvalue weighted by Gasteiger charge is -2.21. The van der Waals surface area contributed by atoms with Gasteiger partial charge in [-0.3, -0.25) is 4.79 Å². The standard InChI is InChI=1S/C16H26N2O2/c1-12(2)15(17)8-9-18(4)16(19)11-20-14-7-5-6-13(3)10-14/h5-7,10,12,15H,8-9,11,17H2,1-4H3. The van der Waals surface area contributed by atoms with Crippen molar-refractivity contribution in [3.05, 3.63) is 29.8 Å². The van der Waals surface area contributed by atoms with Crippen LogP contribution < -0.4 is 10.5 Å². The Bertz CT molecular complexity index is 432. The van der Waals surface area contributed by atoms with Crippen LogP contribution in [-0.4, -0.2) is 37.0 Å². The number of rotatable bonds is 7. The number of hydrogen-bond donors (Lipinski definition) is 1. The average molecular weight is 278 g/mol. The third-order valence-corrected chi connectivity index (χ3v) is 3.43. The molecule has 0 aliphatic rings. The molecule has 4 nitrogen and oxygen atoms in total. The van der Waals surface area contributed by atoms with Gasteiger partial charge in [-0.05, 0) is 37.0 Å². The maximum absolute atomic E-state index is 11.9. The number of nitrogens with two attached hydrogens (primary N) is 1. The smallest absolute Gasteiger partial charge is 0.260 e. The number of likely N-dealkylation sites (N-methyl/N-ethyl adjacent to an activating group) is 1. The molecule has 0 radical (unpaired) electrons. The van der Waals surface area contributed by atoms with E-state index in [4.69, 9.17) is 10.5 Å². The molecule has 2 N–H and O–H groups in total. The summed E-state index contributed by atoms with van der Waals surface area (Å²) in [6.45, 7) is 6.90. The van der Waals surface area contributed by atoms with Crippen LogP contribution in [0.15, 0.2) is 24.3 Å². The first-order valence-corrected chi connectivity index (χ1v) is 7.09. The van der Waals surface area contributed by atoms with Crippen molar-refractivity contribution in [2.75, 3.05) is 20.2 Å². The molecule has 0 heterocycles. The summed E-state index contributed by atoms with van der Waals surface area (Å²) in [4.78, 5) is 13.6. The molecule has 1 unspecified atom stereocenters. The molecule has 1 rings (SSSR count). The van der Waals surface area contributed by atoms with E-state index in [1.807, 2.05) is 31.2 Å². The zero-order chi connectivity index (χ0) is 15.1. The van der Waals surface area contributed by atoms with E-state index < -0.39 is 0 Å². The van der Waals surface area contributed by atoms with Crippen LogP contribution in [0.2, 0.25) is 0 Å². The lowest BCUT2D eigenvalue weighted by atomic mass is 10.0. The van der Waals surface area contributed by atoms with Crippen molar-refractivity contribution in [1.29, 1.82) is 0 Å². The predicted octanol–water partition coefficient (Wildman–Crippen LogP) is 2.21. The minimum absolute atomic E-state index is 0.0255. The number of ether oxygens (including phenoxy) is 1. The summed E-state index contributed by atoms with van der Waals surface area (Å²) >= 11 is 0. The van der Waals surface area contributed by atoms with E-state index in [0.717, 1.165) is 17.7 Å². The Morgan fingerprint density at radius 1 is 1.40 bits per heavy atom. The first kappa shape index (κ1) is 16.5. The molecule has 0 fully saturated rings. The second-order valence-electron chi connectivity index (χ2n) is 5.62. The zero-order valence-corrected chi connectivity index (χ0v) is 12.9. The largest absolute Gasteiger partial charge is 0.484 e. The molecule has 4 heteroatoms. The third kappa shape index (κ3) is 5.61. The van der Waals surface area contributed by atoms with Crippen LogP contribution in [0, 0.1) is 12.8 Å². The third-order valence-electron chi connectivity index (χ3n) is 3.43. The second kappa shape index (κ2) is 7.90. The fourth-order valence-electron chi connectivity index (χ4n) is 1.76. The van der Waals surface area contributed by atoms with Crippen LogP contribution in [0.25, 0.3) is 0 Å². The van der Waals surface area contributed by atoms with Gasteiger partial charge in [0.25, 0.3) is 5.91 Å². The Morgan fingerprint density at radius 2 is 2.10 bits per heavy atom. The van der Waals surface area contributed by atoms with Crippen molar-refractivity contribution in [2.45, 2.75) is 33.2 Å². The molecule has 0 spiro atoms. The highest BCUT2D eigenvalue weighted by Crippen LogP contribution is 2.12. The van der Waals surface area contributed by atoms with Crippen molar-refractivity contribution < 1.29 is 9.53 Å². The second-order valence-corrected chi connectivity index (χ2v) is 5.62. The average Bonchev–Trinajstić information content (AvgIpc) is 2.41.